The van der Waals surface area contributed by atoms with Crippen LogP contribution in [0.4, 0.5) is 0 Å². The standard InChI is InChI=1S/C13H15ClO2.C2H6/c1-8-6-7-11(15)13(16)12(8)9-4-2-3-5-10(9)14;1-2/h2-5,8,11-12,15H,6-7H2,1H3;1-2H3. The fraction of sp³-hybridized carbons (Fsp3) is 0.533. The Morgan fingerprint density at radius 3 is 2.44 bits per heavy atom. The summed E-state index contributed by atoms with van der Waals surface area (Å²) in [6, 6.07) is 7.39. The molecule has 1 aromatic rings. The second kappa shape index (κ2) is 6.91. The van der Waals surface area contributed by atoms with Crippen molar-refractivity contribution in [2.75, 3.05) is 0 Å². The Hall–Kier alpha value is -0.860. The van der Waals surface area contributed by atoms with E-state index in [0.29, 0.717) is 11.4 Å². The molecule has 2 nitrogen and oxygen atoms in total. The number of aliphatic hydroxyl groups excluding tert-OH is 1. The summed E-state index contributed by atoms with van der Waals surface area (Å²) in [5, 5.41) is 10.2. The highest BCUT2D eigenvalue weighted by Gasteiger charge is 2.36. The lowest BCUT2D eigenvalue weighted by molar-refractivity contribution is -0.132. The minimum atomic E-state index is -0.822. The van der Waals surface area contributed by atoms with Gasteiger partial charge in [-0.25, -0.2) is 0 Å². The summed E-state index contributed by atoms with van der Waals surface area (Å²) in [5.41, 5.74) is 0.848. The number of carbonyl (C=O) groups excluding carboxylic acids is 1. The number of hydrogen-bond donors (Lipinski definition) is 1. The normalized spacial score (nSPS) is 27.4. The van der Waals surface area contributed by atoms with Crippen molar-refractivity contribution in [1.29, 1.82) is 0 Å². The van der Waals surface area contributed by atoms with E-state index in [2.05, 4.69) is 0 Å². The average Bonchev–Trinajstić information content (AvgIpc) is 2.39. The van der Waals surface area contributed by atoms with Crippen molar-refractivity contribution in [3.8, 4) is 0 Å². The third-order valence-corrected chi connectivity index (χ3v) is 3.68. The van der Waals surface area contributed by atoms with Crippen LogP contribution in [0.3, 0.4) is 0 Å². The van der Waals surface area contributed by atoms with Crippen molar-refractivity contribution in [3.05, 3.63) is 34.9 Å². The molecule has 2 rings (SSSR count). The van der Waals surface area contributed by atoms with Gasteiger partial charge in [0.25, 0.3) is 0 Å². The second-order valence-corrected chi connectivity index (χ2v) is 4.88. The average molecular weight is 269 g/mol. The molecule has 0 aliphatic heterocycles. The minimum Gasteiger partial charge on any atom is -0.385 e. The van der Waals surface area contributed by atoms with Crippen LogP contribution >= 0.6 is 11.6 Å². The molecule has 0 amide bonds. The Labute approximate surface area is 114 Å². The minimum absolute atomic E-state index is 0.0909. The molecule has 1 N–H and O–H groups in total. The maximum absolute atomic E-state index is 12.0. The van der Waals surface area contributed by atoms with E-state index < -0.39 is 6.10 Å². The number of halogens is 1. The lowest BCUT2D eigenvalue weighted by Crippen LogP contribution is -2.35. The van der Waals surface area contributed by atoms with Gasteiger partial charge < -0.3 is 5.11 Å². The summed E-state index contributed by atoms with van der Waals surface area (Å²) >= 11 is 6.10. The molecule has 3 atom stereocenters. The zero-order valence-electron chi connectivity index (χ0n) is 11.2. The molecule has 0 bridgehead atoms. The van der Waals surface area contributed by atoms with Crippen molar-refractivity contribution in [2.45, 2.75) is 45.6 Å². The predicted molar refractivity (Wildman–Crippen MR) is 75.0 cm³/mol. The molecule has 1 saturated carbocycles. The van der Waals surface area contributed by atoms with Gasteiger partial charge in [0.2, 0.25) is 0 Å². The quantitative estimate of drug-likeness (QED) is 0.841. The number of benzene rings is 1. The molecule has 1 aromatic carbocycles. The number of hydrogen-bond acceptors (Lipinski definition) is 2. The molecular formula is C15H21ClO2. The van der Waals surface area contributed by atoms with Crippen LogP contribution in [0.2, 0.25) is 5.02 Å². The number of Topliss-reactive ketones (excluding diaryl/α,β-unsaturated/α-hetero) is 1. The van der Waals surface area contributed by atoms with Crippen molar-refractivity contribution in [2.24, 2.45) is 5.92 Å². The van der Waals surface area contributed by atoms with Crippen LogP contribution in [0.25, 0.3) is 0 Å². The van der Waals surface area contributed by atoms with E-state index in [9.17, 15) is 9.90 Å². The molecule has 3 unspecified atom stereocenters. The van der Waals surface area contributed by atoms with Gasteiger partial charge in [-0.2, -0.15) is 0 Å². The maximum atomic E-state index is 12.0. The van der Waals surface area contributed by atoms with Gasteiger partial charge in [0.15, 0.2) is 5.78 Å². The van der Waals surface area contributed by atoms with Crippen LogP contribution in [0.1, 0.15) is 45.1 Å². The van der Waals surface area contributed by atoms with Crippen molar-refractivity contribution in [3.63, 3.8) is 0 Å². The Kier molecular flexibility index (Phi) is 5.83. The number of aliphatic hydroxyl groups is 1. The molecule has 3 heteroatoms. The van der Waals surface area contributed by atoms with E-state index in [0.717, 1.165) is 12.0 Å². The molecule has 0 saturated heterocycles. The largest absolute Gasteiger partial charge is 0.385 e. The first-order chi connectivity index (χ1) is 8.61. The Morgan fingerprint density at radius 1 is 1.22 bits per heavy atom. The van der Waals surface area contributed by atoms with Gasteiger partial charge in [-0.1, -0.05) is 50.6 Å². The summed E-state index contributed by atoms with van der Waals surface area (Å²) in [7, 11) is 0. The van der Waals surface area contributed by atoms with Gasteiger partial charge in [-0.3, -0.25) is 4.79 Å². The van der Waals surface area contributed by atoms with Crippen LogP contribution in [-0.2, 0) is 4.79 Å². The van der Waals surface area contributed by atoms with Crippen molar-refractivity contribution in [1.82, 2.24) is 0 Å². The van der Waals surface area contributed by atoms with Crippen LogP contribution in [-0.4, -0.2) is 17.0 Å². The SMILES string of the molecule is CC.CC1CCC(O)C(=O)C1c1ccccc1Cl. The first-order valence-electron chi connectivity index (χ1n) is 6.57. The van der Waals surface area contributed by atoms with Crippen LogP contribution in [0.5, 0.6) is 0 Å². The summed E-state index contributed by atoms with van der Waals surface area (Å²) in [4.78, 5) is 12.0. The highest BCUT2D eigenvalue weighted by molar-refractivity contribution is 6.31. The highest BCUT2D eigenvalue weighted by atomic mass is 35.5. The lowest BCUT2D eigenvalue weighted by atomic mass is 9.74. The predicted octanol–water partition coefficient (Wildman–Crippen LogP) is 3.81. The molecule has 1 fully saturated rings. The Balaban J connectivity index is 0.000000771. The summed E-state index contributed by atoms with van der Waals surface area (Å²) < 4.78 is 0. The fourth-order valence-electron chi connectivity index (χ4n) is 2.40. The van der Waals surface area contributed by atoms with Crippen LogP contribution < -0.4 is 0 Å². The molecule has 0 heterocycles. The van der Waals surface area contributed by atoms with E-state index in [1.807, 2.05) is 39.0 Å². The molecule has 0 radical (unpaired) electrons. The summed E-state index contributed by atoms with van der Waals surface area (Å²) in [6.45, 7) is 6.04. The fourth-order valence-corrected chi connectivity index (χ4v) is 2.66. The molecule has 100 valence electrons. The van der Waals surface area contributed by atoms with Crippen LogP contribution in [0, 0.1) is 5.92 Å². The zero-order valence-corrected chi connectivity index (χ0v) is 11.9. The molecule has 18 heavy (non-hydrogen) atoms. The Morgan fingerprint density at radius 2 is 1.83 bits per heavy atom. The first-order valence-corrected chi connectivity index (χ1v) is 6.95. The molecule has 1 aliphatic rings. The number of ketones is 1. The van der Waals surface area contributed by atoms with E-state index in [4.69, 9.17) is 11.6 Å². The van der Waals surface area contributed by atoms with Crippen LogP contribution in [0.15, 0.2) is 24.3 Å². The van der Waals surface area contributed by atoms with Gasteiger partial charge in [0, 0.05) is 10.9 Å². The first kappa shape index (κ1) is 15.2. The van der Waals surface area contributed by atoms with Crippen molar-refractivity contribution >= 4 is 17.4 Å². The monoisotopic (exact) mass is 268 g/mol. The Bertz CT molecular complexity index is 403. The van der Waals surface area contributed by atoms with Gasteiger partial charge in [-0.05, 0) is 30.4 Å². The summed E-state index contributed by atoms with van der Waals surface area (Å²) in [5.74, 6) is -0.0971. The number of rotatable bonds is 1. The zero-order chi connectivity index (χ0) is 13.7. The summed E-state index contributed by atoms with van der Waals surface area (Å²) in [6.07, 6.45) is 0.612. The van der Waals surface area contributed by atoms with E-state index >= 15 is 0 Å². The van der Waals surface area contributed by atoms with Gasteiger partial charge in [0.05, 0.1) is 0 Å². The van der Waals surface area contributed by atoms with Crippen molar-refractivity contribution < 1.29 is 9.90 Å². The van der Waals surface area contributed by atoms with E-state index in [1.54, 1.807) is 6.07 Å². The molecule has 0 spiro atoms. The lowest BCUT2D eigenvalue weighted by Gasteiger charge is -2.31. The topological polar surface area (TPSA) is 37.3 Å². The maximum Gasteiger partial charge on any atom is 0.168 e. The van der Waals surface area contributed by atoms with Gasteiger partial charge in [0.1, 0.15) is 6.10 Å². The van der Waals surface area contributed by atoms with E-state index in [-0.39, 0.29) is 17.6 Å². The third kappa shape index (κ3) is 3.12. The van der Waals surface area contributed by atoms with Gasteiger partial charge in [-0.15, -0.1) is 0 Å². The third-order valence-electron chi connectivity index (χ3n) is 3.34. The molecule has 0 aromatic heterocycles. The molecule has 1 aliphatic carbocycles. The number of carbonyl (C=O) groups is 1. The smallest absolute Gasteiger partial charge is 0.168 e. The van der Waals surface area contributed by atoms with Gasteiger partial charge >= 0.3 is 0 Å². The highest BCUT2D eigenvalue weighted by Crippen LogP contribution is 2.37. The second-order valence-electron chi connectivity index (χ2n) is 4.47. The molecular weight excluding hydrogens is 248 g/mol. The van der Waals surface area contributed by atoms with E-state index in [1.165, 1.54) is 0 Å².